The van der Waals surface area contributed by atoms with Gasteiger partial charge in [0.25, 0.3) is 11.8 Å². The molecule has 0 bridgehead atoms. The second kappa shape index (κ2) is 8.91. The van der Waals surface area contributed by atoms with Crippen LogP contribution in [0.2, 0.25) is 0 Å². The average Bonchev–Trinajstić information content (AvgIpc) is 3.50. The highest BCUT2D eigenvalue weighted by atomic mass is 32.2. The van der Waals surface area contributed by atoms with Gasteiger partial charge in [0.05, 0.1) is 7.05 Å². The van der Waals surface area contributed by atoms with Crippen molar-refractivity contribution in [2.75, 3.05) is 45.3 Å². The Hall–Kier alpha value is -2.97. The third-order valence-electron chi connectivity index (χ3n) is 6.76. The van der Waals surface area contributed by atoms with E-state index in [0.717, 1.165) is 47.5 Å². The highest BCUT2D eigenvalue weighted by molar-refractivity contribution is 8.00. The number of anilines is 1. The van der Waals surface area contributed by atoms with Crippen LogP contribution in [0.5, 0.6) is 0 Å². The van der Waals surface area contributed by atoms with Crippen LogP contribution in [-0.4, -0.2) is 98.3 Å². The molecule has 1 aromatic rings. The Balaban J connectivity index is 1.32. The van der Waals surface area contributed by atoms with Gasteiger partial charge in [-0.1, -0.05) is 5.16 Å². The van der Waals surface area contributed by atoms with Crippen LogP contribution < -0.4 is 11.1 Å². The minimum atomic E-state index is -1.13. The first-order valence-electron chi connectivity index (χ1n) is 11.2. The molecule has 0 unspecified atom stereocenters. The molecule has 14 heteroatoms. The van der Waals surface area contributed by atoms with Crippen molar-refractivity contribution in [1.82, 2.24) is 19.6 Å². The van der Waals surface area contributed by atoms with E-state index in [-0.39, 0.29) is 22.4 Å². The molecule has 4 heterocycles. The van der Waals surface area contributed by atoms with Crippen molar-refractivity contribution in [3.63, 3.8) is 0 Å². The molecule has 1 aromatic heterocycles. The number of nitrogens with one attached hydrogen (secondary N) is 1. The molecule has 2 atom stereocenters. The van der Waals surface area contributed by atoms with Gasteiger partial charge in [0.15, 0.2) is 5.13 Å². The van der Waals surface area contributed by atoms with Gasteiger partial charge in [-0.25, -0.2) is 4.79 Å². The molecular formula is C21H26N7O5S2+. The Morgan fingerprint density at radius 3 is 2.66 bits per heavy atom. The second-order valence-electron chi connectivity index (χ2n) is 9.35. The standard InChI is InChI=1S/C21H25N7O5S2/c1-28(6-10-4-3-5-11(10)7-28)8-12-9-34-19-14(18(30)27(19)15(12)20(31)32)23-17(29)13(25-33-2)16-24-21(22)35-26-16/h14,19H,3-9H2,1-2H3,(H3-,22,23,24,26,29,31,32)/p+1/b25-13-/t14-,19-/m1/s1. The average molecular weight is 521 g/mol. The first-order chi connectivity index (χ1) is 16.7. The van der Waals surface area contributed by atoms with Gasteiger partial charge in [0, 0.05) is 22.9 Å². The number of likely N-dealkylation sites (tertiary alicyclic amines) is 1. The van der Waals surface area contributed by atoms with Gasteiger partial charge in [0.1, 0.15) is 43.9 Å². The minimum absolute atomic E-state index is 0.0109. The molecular weight excluding hydrogens is 494 g/mol. The van der Waals surface area contributed by atoms with Crippen LogP contribution >= 0.6 is 23.3 Å². The van der Waals surface area contributed by atoms with Crippen LogP contribution in [0.3, 0.4) is 0 Å². The van der Waals surface area contributed by atoms with E-state index in [1.165, 1.54) is 41.3 Å². The molecule has 4 N–H and O–H groups in total. The summed E-state index contributed by atoms with van der Waals surface area (Å²) in [5.74, 6) is -1.84. The summed E-state index contributed by atoms with van der Waals surface area (Å²) >= 11 is 2.35. The number of thioether (sulfide) groups is 1. The fourth-order valence-electron chi connectivity index (χ4n) is 5.42. The van der Waals surface area contributed by atoms with E-state index in [1.807, 2.05) is 0 Å². The summed E-state index contributed by atoms with van der Waals surface area (Å²) in [5, 5.41) is 16.0. The lowest BCUT2D eigenvalue weighted by molar-refractivity contribution is -0.890. The number of rotatable bonds is 7. The van der Waals surface area contributed by atoms with Crippen molar-refractivity contribution in [1.29, 1.82) is 0 Å². The fraction of sp³-hybridized carbons (Fsp3) is 0.524. The number of carboxylic acids is 1. The SMILES string of the molecule is CO/N=C(\C(=O)N[C@@H]1C(=O)N2C(C(=O)O)=C(C[N+]3(C)CC4=C(CCC4)C3)CS[C@H]12)c1nsc(N)n1. The topological polar surface area (TPSA) is 160 Å². The van der Waals surface area contributed by atoms with E-state index >= 15 is 0 Å². The summed E-state index contributed by atoms with van der Waals surface area (Å²) in [7, 11) is 3.42. The smallest absolute Gasteiger partial charge is 0.352 e. The summed E-state index contributed by atoms with van der Waals surface area (Å²) in [6, 6.07) is -0.900. The molecule has 12 nitrogen and oxygen atoms in total. The number of amides is 2. The zero-order valence-electron chi connectivity index (χ0n) is 19.3. The first kappa shape index (κ1) is 23.8. The van der Waals surface area contributed by atoms with E-state index in [9.17, 15) is 19.5 Å². The number of likely N-dealkylation sites (N-methyl/N-ethyl adjacent to an activating group) is 1. The highest BCUT2D eigenvalue weighted by Crippen LogP contribution is 2.42. The van der Waals surface area contributed by atoms with Crippen LogP contribution in [0, 0.1) is 0 Å². The largest absolute Gasteiger partial charge is 0.477 e. The number of aromatic nitrogens is 2. The molecule has 35 heavy (non-hydrogen) atoms. The number of hydrogen-bond acceptors (Lipinski definition) is 10. The number of nitrogens with zero attached hydrogens (tertiary/aromatic N) is 5. The maximum Gasteiger partial charge on any atom is 0.352 e. The molecule has 1 fully saturated rings. The molecule has 186 valence electrons. The van der Waals surface area contributed by atoms with Gasteiger partial charge >= 0.3 is 5.97 Å². The monoisotopic (exact) mass is 520 g/mol. The zero-order valence-corrected chi connectivity index (χ0v) is 20.9. The molecule has 1 aliphatic carbocycles. The summed E-state index contributed by atoms with van der Waals surface area (Å²) in [4.78, 5) is 48.2. The summed E-state index contributed by atoms with van der Waals surface area (Å²) in [5.41, 5.74) is 9.20. The predicted molar refractivity (Wildman–Crippen MR) is 129 cm³/mol. The van der Waals surface area contributed by atoms with E-state index in [4.69, 9.17) is 10.6 Å². The highest BCUT2D eigenvalue weighted by Gasteiger charge is 2.55. The molecule has 5 rings (SSSR count). The van der Waals surface area contributed by atoms with Crippen molar-refractivity contribution in [3.8, 4) is 0 Å². The lowest BCUT2D eigenvalue weighted by Crippen LogP contribution is -2.71. The molecule has 0 saturated carbocycles. The molecule has 0 aromatic carbocycles. The number of fused-ring (bicyclic) bond motifs is 1. The molecule has 0 radical (unpaired) electrons. The summed E-state index contributed by atoms with van der Waals surface area (Å²) < 4.78 is 4.71. The molecule has 0 spiro atoms. The second-order valence-corrected chi connectivity index (χ2v) is 11.2. The van der Waals surface area contributed by atoms with Gasteiger partial charge < -0.3 is 25.5 Å². The van der Waals surface area contributed by atoms with Crippen LogP contribution in [0.15, 0.2) is 27.6 Å². The van der Waals surface area contributed by atoms with Crippen molar-refractivity contribution >= 4 is 51.9 Å². The Morgan fingerprint density at radius 2 is 2.06 bits per heavy atom. The minimum Gasteiger partial charge on any atom is -0.477 e. The summed E-state index contributed by atoms with van der Waals surface area (Å²) in [6.45, 7) is 2.45. The number of carbonyl (C=O) groups excluding carboxylic acids is 2. The quantitative estimate of drug-likeness (QED) is 0.149. The third-order valence-corrected chi connectivity index (χ3v) is 8.64. The number of hydrogen-bond donors (Lipinski definition) is 3. The number of carboxylic acid groups (broad SMARTS) is 1. The summed E-state index contributed by atoms with van der Waals surface area (Å²) in [6.07, 6.45) is 3.48. The van der Waals surface area contributed by atoms with Crippen LogP contribution in [-0.2, 0) is 19.2 Å². The molecule has 2 amide bonds. The Morgan fingerprint density at radius 1 is 1.34 bits per heavy atom. The number of oxime groups is 1. The number of β-lactam (4-membered cyclic amide) rings is 1. The van der Waals surface area contributed by atoms with Gasteiger partial charge in [0.2, 0.25) is 11.5 Å². The van der Waals surface area contributed by atoms with Crippen LogP contribution in [0.1, 0.15) is 25.1 Å². The number of carbonyl (C=O) groups is 3. The number of aliphatic carboxylic acids is 1. The van der Waals surface area contributed by atoms with Crippen LogP contribution in [0.25, 0.3) is 0 Å². The number of nitrogens with two attached hydrogens (primary N) is 1. The number of nitrogen functional groups attached to an aromatic ring is 1. The predicted octanol–water partition coefficient (Wildman–Crippen LogP) is 0.150. The van der Waals surface area contributed by atoms with Crippen molar-refractivity contribution in [3.05, 3.63) is 28.2 Å². The first-order valence-corrected chi connectivity index (χ1v) is 13.0. The number of quaternary nitrogens is 1. The van der Waals surface area contributed by atoms with Gasteiger partial charge in [-0.15, -0.1) is 11.8 Å². The fourth-order valence-corrected chi connectivity index (χ4v) is 7.19. The van der Waals surface area contributed by atoms with Gasteiger partial charge in [-0.05, 0) is 30.4 Å². The van der Waals surface area contributed by atoms with E-state index in [2.05, 4.69) is 26.9 Å². The maximum absolute atomic E-state index is 13.1. The van der Waals surface area contributed by atoms with E-state index in [1.54, 1.807) is 0 Å². The lowest BCUT2D eigenvalue weighted by Gasteiger charge is -2.49. The lowest BCUT2D eigenvalue weighted by atomic mass is 10.0. The Labute approximate surface area is 209 Å². The van der Waals surface area contributed by atoms with Crippen molar-refractivity contribution in [2.24, 2.45) is 5.16 Å². The normalized spacial score (nSPS) is 25.4. The van der Waals surface area contributed by atoms with Gasteiger partial charge in [-0.3, -0.25) is 14.5 Å². The third kappa shape index (κ3) is 4.19. The van der Waals surface area contributed by atoms with Crippen molar-refractivity contribution < 1.29 is 28.8 Å². The zero-order chi connectivity index (χ0) is 24.9. The maximum atomic E-state index is 13.1. The molecule has 4 aliphatic rings. The molecule has 1 saturated heterocycles. The van der Waals surface area contributed by atoms with E-state index < -0.39 is 29.2 Å². The Bertz CT molecular complexity index is 1190. The Kier molecular flexibility index (Phi) is 6.05. The van der Waals surface area contributed by atoms with Crippen LogP contribution in [0.4, 0.5) is 5.13 Å². The van der Waals surface area contributed by atoms with Crippen molar-refractivity contribution in [2.45, 2.75) is 30.7 Å². The molecule has 3 aliphatic heterocycles. The van der Waals surface area contributed by atoms with Gasteiger partial charge in [-0.2, -0.15) is 9.36 Å². The van der Waals surface area contributed by atoms with E-state index in [0.29, 0.717) is 12.3 Å².